The predicted octanol–water partition coefficient (Wildman–Crippen LogP) is 3.56. The summed E-state index contributed by atoms with van der Waals surface area (Å²) in [6.07, 6.45) is 0. The lowest BCUT2D eigenvalue weighted by Gasteiger charge is -2.16. The summed E-state index contributed by atoms with van der Waals surface area (Å²) in [7, 11) is 0. The van der Waals surface area contributed by atoms with Gasteiger partial charge in [-0.05, 0) is 36.6 Å². The lowest BCUT2D eigenvalue weighted by Crippen LogP contribution is -2.29. The molecule has 0 unspecified atom stereocenters. The Morgan fingerprint density at radius 2 is 1.96 bits per heavy atom. The zero-order chi connectivity index (χ0) is 17.4. The summed E-state index contributed by atoms with van der Waals surface area (Å²) in [5.74, 6) is 0.917. The Balaban J connectivity index is 1.61. The Morgan fingerprint density at radius 1 is 1.16 bits per heavy atom. The number of carbonyl (C=O) groups excluding carboxylic acids is 1. The highest BCUT2D eigenvalue weighted by atomic mass is 16.3. The van der Waals surface area contributed by atoms with Crippen molar-refractivity contribution >= 4 is 16.9 Å². The van der Waals surface area contributed by atoms with Crippen LogP contribution in [0.25, 0.3) is 11.0 Å². The molecule has 2 atom stereocenters. The molecule has 128 valence electrons. The van der Waals surface area contributed by atoms with Crippen molar-refractivity contribution in [2.75, 3.05) is 19.6 Å². The maximum atomic E-state index is 13.0. The zero-order valence-corrected chi connectivity index (χ0v) is 14.3. The van der Waals surface area contributed by atoms with Gasteiger partial charge in [0.1, 0.15) is 5.58 Å². The van der Waals surface area contributed by atoms with Crippen molar-refractivity contribution in [2.24, 2.45) is 11.7 Å². The molecule has 0 bridgehead atoms. The van der Waals surface area contributed by atoms with Crippen LogP contribution in [-0.2, 0) is 0 Å². The highest BCUT2D eigenvalue weighted by molar-refractivity contribution is 5.96. The second kappa shape index (κ2) is 6.37. The minimum absolute atomic E-state index is 0.0486. The van der Waals surface area contributed by atoms with Crippen molar-refractivity contribution in [3.8, 4) is 0 Å². The van der Waals surface area contributed by atoms with Gasteiger partial charge in [0, 0.05) is 24.4 Å². The maximum Gasteiger partial charge on any atom is 0.289 e. The molecule has 4 heteroatoms. The normalized spacial score (nSPS) is 20.3. The minimum Gasteiger partial charge on any atom is -0.451 e. The van der Waals surface area contributed by atoms with Gasteiger partial charge in [-0.1, -0.05) is 48.5 Å². The monoisotopic (exact) mass is 334 g/mol. The number of rotatable bonds is 3. The number of hydrogen-bond acceptors (Lipinski definition) is 3. The molecule has 2 N–H and O–H groups in total. The SMILES string of the molecule is Cc1cccc2cc(C(=O)N3C[C@@H](CN)[C@H](c4ccccc4)C3)oc12. The number of amides is 1. The average Bonchev–Trinajstić information content (AvgIpc) is 3.27. The number of para-hydroxylation sites is 1. The fourth-order valence-electron chi connectivity index (χ4n) is 3.82. The summed E-state index contributed by atoms with van der Waals surface area (Å²) in [6, 6.07) is 18.1. The molecule has 0 aliphatic carbocycles. The first-order valence-corrected chi connectivity index (χ1v) is 8.71. The molecule has 1 amide bonds. The lowest BCUT2D eigenvalue weighted by atomic mass is 9.89. The van der Waals surface area contributed by atoms with Crippen LogP contribution in [0.5, 0.6) is 0 Å². The van der Waals surface area contributed by atoms with Gasteiger partial charge in [-0.2, -0.15) is 0 Å². The molecular weight excluding hydrogens is 312 g/mol. The molecule has 4 nitrogen and oxygen atoms in total. The van der Waals surface area contributed by atoms with E-state index >= 15 is 0 Å². The van der Waals surface area contributed by atoms with E-state index in [2.05, 4.69) is 12.1 Å². The highest BCUT2D eigenvalue weighted by Gasteiger charge is 2.36. The molecule has 1 fully saturated rings. The standard InChI is InChI=1S/C21H22N2O2/c1-14-6-5-9-16-10-19(25-20(14)16)21(24)23-12-17(11-22)18(13-23)15-7-3-2-4-8-15/h2-10,17-18H,11-13,22H2,1H3/t17-,18+/m1/s1. The van der Waals surface area contributed by atoms with Crippen LogP contribution in [0.4, 0.5) is 0 Å². The van der Waals surface area contributed by atoms with E-state index in [0.717, 1.165) is 16.5 Å². The van der Waals surface area contributed by atoms with Crippen molar-refractivity contribution in [3.05, 3.63) is 71.5 Å². The Hall–Kier alpha value is -2.59. The second-order valence-corrected chi connectivity index (χ2v) is 6.83. The van der Waals surface area contributed by atoms with Crippen molar-refractivity contribution < 1.29 is 9.21 Å². The van der Waals surface area contributed by atoms with E-state index in [1.165, 1.54) is 5.56 Å². The Bertz CT molecular complexity index is 901. The summed E-state index contributed by atoms with van der Waals surface area (Å²) in [5.41, 5.74) is 9.06. The third-order valence-electron chi connectivity index (χ3n) is 5.21. The summed E-state index contributed by atoms with van der Waals surface area (Å²) < 4.78 is 5.86. The Kier molecular flexibility index (Phi) is 4.06. The zero-order valence-electron chi connectivity index (χ0n) is 14.3. The highest BCUT2D eigenvalue weighted by Crippen LogP contribution is 2.33. The molecule has 1 aromatic heterocycles. The van der Waals surface area contributed by atoms with Gasteiger partial charge in [-0.15, -0.1) is 0 Å². The fraction of sp³-hybridized carbons (Fsp3) is 0.286. The number of nitrogens with two attached hydrogens (primary N) is 1. The van der Waals surface area contributed by atoms with E-state index in [-0.39, 0.29) is 17.7 Å². The molecule has 1 saturated heterocycles. The number of furan rings is 1. The number of likely N-dealkylation sites (tertiary alicyclic amines) is 1. The van der Waals surface area contributed by atoms with Crippen molar-refractivity contribution in [2.45, 2.75) is 12.8 Å². The quantitative estimate of drug-likeness (QED) is 0.797. The van der Waals surface area contributed by atoms with Crippen molar-refractivity contribution in [1.29, 1.82) is 0 Å². The molecule has 1 aliphatic rings. The van der Waals surface area contributed by atoms with Crippen LogP contribution in [0.1, 0.15) is 27.6 Å². The topological polar surface area (TPSA) is 59.5 Å². The Morgan fingerprint density at radius 3 is 2.68 bits per heavy atom. The van der Waals surface area contributed by atoms with Crippen LogP contribution in [0.15, 0.2) is 59.0 Å². The summed E-state index contributed by atoms with van der Waals surface area (Å²) in [5, 5.41) is 0.970. The predicted molar refractivity (Wildman–Crippen MR) is 98.6 cm³/mol. The largest absolute Gasteiger partial charge is 0.451 e. The molecule has 4 rings (SSSR count). The second-order valence-electron chi connectivity index (χ2n) is 6.83. The van der Waals surface area contributed by atoms with Crippen LogP contribution in [-0.4, -0.2) is 30.4 Å². The maximum absolute atomic E-state index is 13.0. The number of benzene rings is 2. The van der Waals surface area contributed by atoms with Gasteiger partial charge in [-0.25, -0.2) is 0 Å². The van der Waals surface area contributed by atoms with Crippen molar-refractivity contribution in [1.82, 2.24) is 4.90 Å². The summed E-state index contributed by atoms with van der Waals surface area (Å²) >= 11 is 0. The first-order valence-electron chi connectivity index (χ1n) is 8.71. The summed E-state index contributed by atoms with van der Waals surface area (Å²) in [4.78, 5) is 14.8. The molecule has 3 aromatic rings. The van der Waals surface area contributed by atoms with Gasteiger partial charge in [0.15, 0.2) is 5.76 Å². The third-order valence-corrected chi connectivity index (χ3v) is 5.21. The number of aryl methyl sites for hydroxylation is 1. The Labute approximate surface area is 147 Å². The van der Waals surface area contributed by atoms with Gasteiger partial charge in [-0.3, -0.25) is 4.79 Å². The van der Waals surface area contributed by atoms with Crippen LogP contribution < -0.4 is 5.73 Å². The van der Waals surface area contributed by atoms with Crippen LogP contribution in [0, 0.1) is 12.8 Å². The van der Waals surface area contributed by atoms with Crippen molar-refractivity contribution in [3.63, 3.8) is 0 Å². The van der Waals surface area contributed by atoms with Gasteiger partial charge in [0.05, 0.1) is 0 Å². The lowest BCUT2D eigenvalue weighted by molar-refractivity contribution is 0.0757. The van der Waals surface area contributed by atoms with E-state index in [1.54, 1.807) is 0 Å². The molecule has 0 radical (unpaired) electrons. The molecule has 2 aromatic carbocycles. The van der Waals surface area contributed by atoms with E-state index < -0.39 is 0 Å². The molecule has 0 spiro atoms. The van der Waals surface area contributed by atoms with E-state index in [0.29, 0.717) is 25.4 Å². The van der Waals surface area contributed by atoms with Gasteiger partial charge < -0.3 is 15.1 Å². The number of hydrogen-bond donors (Lipinski definition) is 1. The van der Waals surface area contributed by atoms with E-state index in [9.17, 15) is 4.79 Å². The van der Waals surface area contributed by atoms with Crippen LogP contribution >= 0.6 is 0 Å². The summed E-state index contributed by atoms with van der Waals surface area (Å²) in [6.45, 7) is 3.92. The fourth-order valence-corrected chi connectivity index (χ4v) is 3.82. The van der Waals surface area contributed by atoms with E-state index in [1.807, 2.05) is 54.3 Å². The van der Waals surface area contributed by atoms with Gasteiger partial charge >= 0.3 is 0 Å². The smallest absolute Gasteiger partial charge is 0.289 e. The third kappa shape index (κ3) is 2.83. The molecular formula is C21H22N2O2. The molecule has 25 heavy (non-hydrogen) atoms. The number of carbonyl (C=O) groups is 1. The number of fused-ring (bicyclic) bond motifs is 1. The average molecular weight is 334 g/mol. The van der Waals surface area contributed by atoms with Gasteiger partial charge in [0.2, 0.25) is 0 Å². The van der Waals surface area contributed by atoms with Gasteiger partial charge in [0.25, 0.3) is 5.91 Å². The number of nitrogens with zero attached hydrogens (tertiary/aromatic N) is 1. The van der Waals surface area contributed by atoms with E-state index in [4.69, 9.17) is 10.2 Å². The first kappa shape index (κ1) is 15.9. The minimum atomic E-state index is -0.0486. The van der Waals surface area contributed by atoms with Crippen LogP contribution in [0.2, 0.25) is 0 Å². The van der Waals surface area contributed by atoms with Crippen LogP contribution in [0.3, 0.4) is 0 Å². The first-order chi connectivity index (χ1) is 12.2. The molecule has 0 saturated carbocycles. The molecule has 2 heterocycles. The molecule has 1 aliphatic heterocycles.